The first-order chi connectivity index (χ1) is 8.08. The van der Waals surface area contributed by atoms with Crippen molar-refractivity contribution in [2.75, 3.05) is 26.3 Å². The highest BCUT2D eigenvalue weighted by Gasteiger charge is 2.48. The van der Waals surface area contributed by atoms with Crippen LogP contribution in [0.1, 0.15) is 26.2 Å². The van der Waals surface area contributed by atoms with Crippen LogP contribution in [0.4, 0.5) is 0 Å². The van der Waals surface area contributed by atoms with Gasteiger partial charge in [0.1, 0.15) is 5.54 Å². The van der Waals surface area contributed by atoms with Crippen molar-refractivity contribution in [1.29, 1.82) is 0 Å². The first-order valence-electron chi connectivity index (χ1n) is 6.48. The van der Waals surface area contributed by atoms with E-state index in [0.717, 1.165) is 39.0 Å². The van der Waals surface area contributed by atoms with Crippen molar-refractivity contribution in [3.05, 3.63) is 0 Å². The SMILES string of the molecule is CCC1COCCN1CC(N)(C(N)=O)C1CC1. The second kappa shape index (κ2) is 4.92. The molecule has 2 unspecified atom stereocenters. The van der Waals surface area contributed by atoms with Crippen LogP contribution in [0.25, 0.3) is 0 Å². The molecule has 1 aliphatic heterocycles. The molecule has 5 nitrogen and oxygen atoms in total. The zero-order chi connectivity index (χ0) is 12.5. The zero-order valence-corrected chi connectivity index (χ0v) is 10.5. The molecule has 4 N–H and O–H groups in total. The molecule has 1 saturated carbocycles. The predicted octanol–water partition coefficient (Wildman–Crippen LogP) is -0.310. The second-order valence-corrected chi connectivity index (χ2v) is 5.29. The Hall–Kier alpha value is -0.650. The fraction of sp³-hybridized carbons (Fsp3) is 0.917. The van der Waals surface area contributed by atoms with Crippen LogP contribution >= 0.6 is 0 Å². The zero-order valence-electron chi connectivity index (χ0n) is 10.5. The molecule has 0 bridgehead atoms. The van der Waals surface area contributed by atoms with Gasteiger partial charge in [-0.2, -0.15) is 0 Å². The fourth-order valence-corrected chi connectivity index (χ4v) is 2.62. The number of primary amides is 1. The minimum atomic E-state index is -0.842. The van der Waals surface area contributed by atoms with Gasteiger partial charge in [0, 0.05) is 19.1 Å². The molecular formula is C12H23N3O2. The van der Waals surface area contributed by atoms with Gasteiger partial charge in [-0.25, -0.2) is 0 Å². The molecule has 5 heteroatoms. The molecular weight excluding hydrogens is 218 g/mol. The Kier molecular flexibility index (Phi) is 3.70. The van der Waals surface area contributed by atoms with E-state index >= 15 is 0 Å². The van der Waals surface area contributed by atoms with Gasteiger partial charge in [-0.1, -0.05) is 6.92 Å². The van der Waals surface area contributed by atoms with Gasteiger partial charge in [-0.15, -0.1) is 0 Å². The standard InChI is InChI=1S/C12H23N3O2/c1-2-10-7-17-6-5-15(10)8-12(14,11(13)16)9-3-4-9/h9-10H,2-8,14H2,1H3,(H2,13,16). The summed E-state index contributed by atoms with van der Waals surface area (Å²) in [5.41, 5.74) is 10.9. The number of ether oxygens (including phenoxy) is 1. The summed E-state index contributed by atoms with van der Waals surface area (Å²) >= 11 is 0. The maximum atomic E-state index is 11.6. The van der Waals surface area contributed by atoms with Crippen molar-refractivity contribution in [2.24, 2.45) is 17.4 Å². The van der Waals surface area contributed by atoms with Crippen LogP contribution in [0.2, 0.25) is 0 Å². The van der Waals surface area contributed by atoms with E-state index in [4.69, 9.17) is 16.2 Å². The van der Waals surface area contributed by atoms with Crippen LogP contribution in [-0.2, 0) is 9.53 Å². The average Bonchev–Trinajstić information content (AvgIpc) is 3.13. The maximum absolute atomic E-state index is 11.6. The number of hydrogen-bond acceptors (Lipinski definition) is 4. The van der Waals surface area contributed by atoms with Crippen molar-refractivity contribution in [3.63, 3.8) is 0 Å². The number of hydrogen-bond donors (Lipinski definition) is 2. The summed E-state index contributed by atoms with van der Waals surface area (Å²) < 4.78 is 5.46. The summed E-state index contributed by atoms with van der Waals surface area (Å²) in [6.45, 7) is 5.00. The van der Waals surface area contributed by atoms with Crippen LogP contribution in [0.5, 0.6) is 0 Å². The fourth-order valence-electron chi connectivity index (χ4n) is 2.62. The largest absolute Gasteiger partial charge is 0.378 e. The van der Waals surface area contributed by atoms with Crippen LogP contribution in [0, 0.1) is 5.92 Å². The Balaban J connectivity index is 2.03. The van der Waals surface area contributed by atoms with Gasteiger partial charge in [-0.3, -0.25) is 9.69 Å². The highest BCUT2D eigenvalue weighted by atomic mass is 16.5. The lowest BCUT2D eigenvalue weighted by atomic mass is 9.92. The minimum absolute atomic E-state index is 0.278. The first kappa shape index (κ1) is 12.8. The van der Waals surface area contributed by atoms with E-state index in [2.05, 4.69) is 11.8 Å². The Labute approximate surface area is 102 Å². The van der Waals surface area contributed by atoms with Gasteiger partial charge >= 0.3 is 0 Å². The van der Waals surface area contributed by atoms with Crippen molar-refractivity contribution in [3.8, 4) is 0 Å². The van der Waals surface area contributed by atoms with Gasteiger partial charge in [0.15, 0.2) is 0 Å². The molecule has 2 fully saturated rings. The second-order valence-electron chi connectivity index (χ2n) is 5.29. The summed E-state index contributed by atoms with van der Waals surface area (Å²) in [5, 5.41) is 0. The molecule has 0 aromatic rings. The van der Waals surface area contributed by atoms with E-state index in [1.54, 1.807) is 0 Å². The van der Waals surface area contributed by atoms with Gasteiger partial charge in [0.25, 0.3) is 0 Å². The lowest BCUT2D eigenvalue weighted by Gasteiger charge is -2.40. The molecule has 0 spiro atoms. The van der Waals surface area contributed by atoms with Crippen LogP contribution in [-0.4, -0.2) is 48.7 Å². The molecule has 17 heavy (non-hydrogen) atoms. The quantitative estimate of drug-likeness (QED) is 0.692. The monoisotopic (exact) mass is 241 g/mol. The number of morpholine rings is 1. The summed E-state index contributed by atoms with van der Waals surface area (Å²) in [5.74, 6) is -0.0818. The average molecular weight is 241 g/mol. The lowest BCUT2D eigenvalue weighted by Crippen LogP contribution is -2.63. The number of nitrogens with zero attached hydrogens (tertiary/aromatic N) is 1. The van der Waals surface area contributed by atoms with E-state index in [1.807, 2.05) is 0 Å². The van der Waals surface area contributed by atoms with Crippen molar-refractivity contribution in [1.82, 2.24) is 4.90 Å². The van der Waals surface area contributed by atoms with E-state index in [1.165, 1.54) is 0 Å². The Morgan fingerprint density at radius 1 is 1.53 bits per heavy atom. The maximum Gasteiger partial charge on any atom is 0.239 e. The normalized spacial score (nSPS) is 29.9. The third-order valence-electron chi connectivity index (χ3n) is 4.05. The Morgan fingerprint density at radius 3 is 2.76 bits per heavy atom. The molecule has 98 valence electrons. The van der Waals surface area contributed by atoms with E-state index in [9.17, 15) is 4.79 Å². The third kappa shape index (κ3) is 2.61. The van der Waals surface area contributed by atoms with Crippen LogP contribution in [0.3, 0.4) is 0 Å². The number of amides is 1. The van der Waals surface area contributed by atoms with Gasteiger partial charge in [-0.05, 0) is 25.2 Å². The van der Waals surface area contributed by atoms with Gasteiger partial charge < -0.3 is 16.2 Å². The molecule has 1 amide bonds. The highest BCUT2D eigenvalue weighted by Crippen LogP contribution is 2.39. The van der Waals surface area contributed by atoms with Gasteiger partial charge in [0.2, 0.25) is 5.91 Å². The Bertz CT molecular complexity index is 293. The molecule has 2 aliphatic rings. The topological polar surface area (TPSA) is 81.6 Å². The Morgan fingerprint density at radius 2 is 2.24 bits per heavy atom. The third-order valence-corrected chi connectivity index (χ3v) is 4.05. The summed E-state index contributed by atoms with van der Waals surface area (Å²) in [4.78, 5) is 13.9. The molecule has 1 heterocycles. The minimum Gasteiger partial charge on any atom is -0.378 e. The van der Waals surface area contributed by atoms with E-state index < -0.39 is 5.54 Å². The van der Waals surface area contributed by atoms with Crippen molar-refractivity contribution >= 4 is 5.91 Å². The van der Waals surface area contributed by atoms with Crippen molar-refractivity contribution < 1.29 is 9.53 Å². The smallest absolute Gasteiger partial charge is 0.239 e. The lowest BCUT2D eigenvalue weighted by molar-refractivity contribution is -0.126. The van der Waals surface area contributed by atoms with Crippen LogP contribution in [0.15, 0.2) is 0 Å². The number of rotatable bonds is 5. The van der Waals surface area contributed by atoms with Crippen LogP contribution < -0.4 is 11.5 Å². The molecule has 0 aromatic heterocycles. The summed E-state index contributed by atoms with van der Waals surface area (Å²) in [6, 6.07) is 0.366. The summed E-state index contributed by atoms with van der Waals surface area (Å²) in [7, 11) is 0. The molecule has 1 saturated heterocycles. The highest BCUT2D eigenvalue weighted by molar-refractivity contribution is 5.85. The number of carbonyl (C=O) groups excluding carboxylic acids is 1. The molecule has 2 rings (SSSR count). The number of nitrogens with two attached hydrogens (primary N) is 2. The molecule has 0 aromatic carbocycles. The van der Waals surface area contributed by atoms with Gasteiger partial charge in [0.05, 0.1) is 13.2 Å². The van der Waals surface area contributed by atoms with Crippen molar-refractivity contribution in [2.45, 2.75) is 37.8 Å². The van der Waals surface area contributed by atoms with E-state index in [-0.39, 0.29) is 11.8 Å². The van der Waals surface area contributed by atoms with E-state index in [0.29, 0.717) is 12.6 Å². The molecule has 0 radical (unpaired) electrons. The first-order valence-corrected chi connectivity index (χ1v) is 6.48. The molecule has 2 atom stereocenters. The number of carbonyl (C=O) groups is 1. The molecule has 1 aliphatic carbocycles. The summed E-state index contributed by atoms with van der Waals surface area (Å²) in [6.07, 6.45) is 3.07. The predicted molar refractivity (Wildman–Crippen MR) is 65.3 cm³/mol.